The lowest BCUT2D eigenvalue weighted by Gasteiger charge is -2.19. The van der Waals surface area contributed by atoms with Crippen molar-refractivity contribution < 1.29 is 27.8 Å². The molecule has 1 aliphatic carbocycles. The number of carboxylic acid groups (broad SMARTS) is 1. The third kappa shape index (κ3) is 3.19. The highest BCUT2D eigenvalue weighted by atomic mass is 32.2. The van der Waals surface area contributed by atoms with E-state index in [4.69, 9.17) is 9.47 Å². The Kier molecular flexibility index (Phi) is 4.30. The van der Waals surface area contributed by atoms with E-state index in [9.17, 15) is 18.3 Å². The van der Waals surface area contributed by atoms with Gasteiger partial charge in [-0.25, -0.2) is 22.6 Å². The number of hydrogen-bond donors (Lipinski definition) is 2. The first-order chi connectivity index (χ1) is 10.9. The zero-order chi connectivity index (χ0) is 16.6. The van der Waals surface area contributed by atoms with Crippen LogP contribution in [-0.4, -0.2) is 55.6 Å². The largest absolute Gasteiger partial charge is 0.477 e. The zero-order valence-corrected chi connectivity index (χ0v) is 13.5. The number of nitrogens with zero attached hydrogens (tertiary/aromatic N) is 2. The number of rotatable bonds is 7. The molecule has 3 rings (SSSR count). The number of aromatic carboxylic acids is 1. The monoisotopic (exact) mass is 345 g/mol. The molecular weight excluding hydrogens is 326 g/mol. The molecule has 2 heterocycles. The van der Waals surface area contributed by atoms with Crippen molar-refractivity contribution >= 4 is 16.0 Å². The molecule has 10 heteroatoms. The van der Waals surface area contributed by atoms with Crippen LogP contribution in [0.15, 0.2) is 4.90 Å². The maximum atomic E-state index is 12.7. The first-order valence-electron chi connectivity index (χ1n) is 7.42. The smallest absolute Gasteiger partial charge is 0.357 e. The number of hydrogen-bond acceptors (Lipinski definition) is 6. The minimum absolute atomic E-state index is 0.00638. The average Bonchev–Trinajstić information content (AvgIpc) is 3.25. The molecule has 128 valence electrons. The molecule has 0 radical (unpaired) electrons. The fraction of sp³-hybridized carbons (Fsp3) is 0.692. The van der Waals surface area contributed by atoms with Gasteiger partial charge >= 0.3 is 5.97 Å². The Morgan fingerprint density at radius 2 is 2.30 bits per heavy atom. The van der Waals surface area contributed by atoms with Crippen molar-refractivity contribution in [3.05, 3.63) is 5.69 Å². The maximum absolute atomic E-state index is 12.7. The molecule has 0 saturated heterocycles. The second-order valence-electron chi connectivity index (χ2n) is 5.73. The number of aryl methyl sites for hydroxylation is 1. The van der Waals surface area contributed by atoms with Gasteiger partial charge in [-0.2, -0.15) is 5.10 Å². The second-order valence-corrected chi connectivity index (χ2v) is 7.38. The van der Waals surface area contributed by atoms with Crippen molar-refractivity contribution in [3.63, 3.8) is 0 Å². The molecule has 0 bridgehead atoms. The summed E-state index contributed by atoms with van der Waals surface area (Å²) in [5.41, 5.74) is -0.513. The Hall–Kier alpha value is -1.65. The van der Waals surface area contributed by atoms with E-state index in [2.05, 4.69) is 9.82 Å². The van der Waals surface area contributed by atoms with Crippen LogP contribution in [0.2, 0.25) is 0 Å². The summed E-state index contributed by atoms with van der Waals surface area (Å²) in [5, 5.41) is 13.2. The second kappa shape index (κ2) is 6.10. The fourth-order valence-corrected chi connectivity index (χ4v) is 4.24. The highest BCUT2D eigenvalue weighted by molar-refractivity contribution is 7.89. The van der Waals surface area contributed by atoms with Crippen LogP contribution in [0.25, 0.3) is 0 Å². The topological polar surface area (TPSA) is 120 Å². The number of sulfonamides is 1. The number of methoxy groups -OCH3 is 1. The third-order valence-electron chi connectivity index (χ3n) is 3.93. The SMILES string of the molecule is COCC(NS(=O)(=O)c1c(C(=O)O)nn2c1OCCC2)C1CC1. The number of ether oxygens (including phenoxy) is 2. The van der Waals surface area contributed by atoms with Gasteiger partial charge in [0.15, 0.2) is 10.6 Å². The summed E-state index contributed by atoms with van der Waals surface area (Å²) >= 11 is 0. The number of carbonyl (C=O) groups is 1. The van der Waals surface area contributed by atoms with Crippen LogP contribution >= 0.6 is 0 Å². The summed E-state index contributed by atoms with van der Waals surface area (Å²) in [6.07, 6.45) is 2.49. The van der Waals surface area contributed by atoms with Gasteiger partial charge < -0.3 is 14.6 Å². The molecule has 1 fully saturated rings. The van der Waals surface area contributed by atoms with Crippen LogP contribution in [0.4, 0.5) is 0 Å². The summed E-state index contributed by atoms with van der Waals surface area (Å²) in [5.74, 6) is -1.19. The van der Waals surface area contributed by atoms with Crippen LogP contribution in [0.3, 0.4) is 0 Å². The molecule has 23 heavy (non-hydrogen) atoms. The van der Waals surface area contributed by atoms with E-state index in [1.165, 1.54) is 11.8 Å². The molecule has 0 aromatic carbocycles. The number of fused-ring (bicyclic) bond motifs is 1. The van der Waals surface area contributed by atoms with E-state index in [0.29, 0.717) is 19.6 Å². The predicted molar refractivity (Wildman–Crippen MR) is 78.0 cm³/mol. The van der Waals surface area contributed by atoms with Crippen molar-refractivity contribution in [2.75, 3.05) is 20.3 Å². The van der Waals surface area contributed by atoms with Gasteiger partial charge in [-0.15, -0.1) is 0 Å². The Labute approximate surface area is 133 Å². The van der Waals surface area contributed by atoms with Crippen molar-refractivity contribution in [3.8, 4) is 5.88 Å². The van der Waals surface area contributed by atoms with Crippen LogP contribution < -0.4 is 9.46 Å². The van der Waals surface area contributed by atoms with Gasteiger partial charge in [-0.05, 0) is 18.8 Å². The Bertz CT molecular complexity index is 710. The van der Waals surface area contributed by atoms with Gasteiger partial charge in [0.2, 0.25) is 15.9 Å². The first-order valence-corrected chi connectivity index (χ1v) is 8.90. The summed E-state index contributed by atoms with van der Waals surface area (Å²) in [6, 6.07) is -0.384. The summed E-state index contributed by atoms with van der Waals surface area (Å²) < 4.78 is 39.8. The third-order valence-corrected chi connectivity index (χ3v) is 5.45. The van der Waals surface area contributed by atoms with Gasteiger partial charge in [-0.1, -0.05) is 0 Å². The molecule has 2 aliphatic rings. The molecule has 1 atom stereocenters. The van der Waals surface area contributed by atoms with Crippen molar-refractivity contribution in [1.82, 2.24) is 14.5 Å². The summed E-state index contributed by atoms with van der Waals surface area (Å²) in [7, 11) is -2.58. The highest BCUT2D eigenvalue weighted by Gasteiger charge is 2.39. The lowest BCUT2D eigenvalue weighted by Crippen LogP contribution is -2.40. The van der Waals surface area contributed by atoms with Gasteiger partial charge in [0.05, 0.1) is 13.2 Å². The van der Waals surface area contributed by atoms with Gasteiger partial charge in [0.1, 0.15) is 0 Å². The van der Waals surface area contributed by atoms with E-state index < -0.39 is 26.6 Å². The maximum Gasteiger partial charge on any atom is 0.357 e. The molecule has 1 saturated carbocycles. The normalized spacial score (nSPS) is 19.0. The van der Waals surface area contributed by atoms with Crippen LogP contribution in [-0.2, 0) is 21.3 Å². The zero-order valence-electron chi connectivity index (χ0n) is 12.7. The number of nitrogens with one attached hydrogen (secondary N) is 1. The molecule has 1 unspecified atom stereocenters. The van der Waals surface area contributed by atoms with E-state index in [0.717, 1.165) is 12.8 Å². The molecule has 2 N–H and O–H groups in total. The Balaban J connectivity index is 1.98. The fourth-order valence-electron chi connectivity index (χ4n) is 2.69. The quantitative estimate of drug-likeness (QED) is 0.717. The standard InChI is InChI=1S/C13H19N3O6S/c1-21-7-9(8-3-4-8)15-23(19,20)11-10(13(17)18)14-16-5-2-6-22-12(11)16/h8-9,15H,2-7H2,1H3,(H,17,18). The van der Waals surface area contributed by atoms with Crippen molar-refractivity contribution in [2.24, 2.45) is 5.92 Å². The van der Waals surface area contributed by atoms with E-state index in [1.807, 2.05) is 0 Å². The first kappa shape index (κ1) is 16.2. The highest BCUT2D eigenvalue weighted by Crippen LogP contribution is 2.35. The molecule has 0 spiro atoms. The Morgan fingerprint density at radius 1 is 1.57 bits per heavy atom. The van der Waals surface area contributed by atoms with Gasteiger partial charge in [0.25, 0.3) is 0 Å². The molecule has 0 amide bonds. The minimum atomic E-state index is -4.08. The van der Waals surface area contributed by atoms with Gasteiger partial charge in [-0.3, -0.25) is 0 Å². The van der Waals surface area contributed by atoms with E-state index in [1.54, 1.807) is 0 Å². The minimum Gasteiger partial charge on any atom is -0.477 e. The molecule has 9 nitrogen and oxygen atoms in total. The lowest BCUT2D eigenvalue weighted by atomic mass is 10.2. The molecule has 1 aliphatic heterocycles. The predicted octanol–water partition coefficient (Wildman–Crippen LogP) is 0.0671. The van der Waals surface area contributed by atoms with E-state index in [-0.39, 0.29) is 24.4 Å². The molecule has 1 aromatic rings. The molecular formula is C13H19N3O6S. The van der Waals surface area contributed by atoms with Crippen molar-refractivity contribution in [1.29, 1.82) is 0 Å². The Morgan fingerprint density at radius 3 is 2.91 bits per heavy atom. The average molecular weight is 345 g/mol. The molecule has 1 aromatic heterocycles. The van der Waals surface area contributed by atoms with Crippen LogP contribution in [0.5, 0.6) is 5.88 Å². The number of carboxylic acids is 1. The van der Waals surface area contributed by atoms with E-state index >= 15 is 0 Å². The lowest BCUT2D eigenvalue weighted by molar-refractivity contribution is 0.0685. The van der Waals surface area contributed by atoms with Gasteiger partial charge in [0, 0.05) is 26.1 Å². The van der Waals surface area contributed by atoms with Crippen LogP contribution in [0, 0.1) is 5.92 Å². The number of aromatic nitrogens is 2. The van der Waals surface area contributed by atoms with Crippen LogP contribution in [0.1, 0.15) is 29.8 Å². The summed E-state index contributed by atoms with van der Waals surface area (Å²) in [6.45, 7) is 0.989. The summed E-state index contributed by atoms with van der Waals surface area (Å²) in [4.78, 5) is 11.0. The van der Waals surface area contributed by atoms with Crippen molar-refractivity contribution in [2.45, 2.75) is 36.7 Å².